The molecule has 0 fully saturated rings. The van der Waals surface area contributed by atoms with Crippen molar-refractivity contribution in [2.45, 2.75) is 196 Å². The molecule has 0 aliphatic rings. The van der Waals surface area contributed by atoms with Crippen LogP contribution in [0.15, 0.2) is 0 Å². The number of rotatable bonds is 34. The molecule has 0 aromatic carbocycles. The van der Waals surface area contributed by atoms with Gasteiger partial charge in [0.1, 0.15) is 0 Å². The molecular formula is C39H78N2O4. The van der Waals surface area contributed by atoms with Gasteiger partial charge in [0.05, 0.1) is 24.0 Å². The summed E-state index contributed by atoms with van der Waals surface area (Å²) in [4.78, 5) is 25.6. The van der Waals surface area contributed by atoms with Crippen LogP contribution in [0.5, 0.6) is 0 Å². The number of hydrogen-bond acceptors (Lipinski definition) is 4. The lowest BCUT2D eigenvalue weighted by Crippen LogP contribution is -2.63. The molecule has 268 valence electrons. The lowest BCUT2D eigenvalue weighted by molar-refractivity contribution is -0.176. The summed E-state index contributed by atoms with van der Waals surface area (Å²) in [5.74, 6) is -0.945. The van der Waals surface area contributed by atoms with Gasteiger partial charge in [-0.1, -0.05) is 183 Å². The second kappa shape index (κ2) is 26.9. The molecule has 0 spiro atoms. The Labute approximate surface area is 280 Å². The molecule has 0 aromatic rings. The molecule has 0 radical (unpaired) electrons. The molecule has 0 saturated heterocycles. The van der Waals surface area contributed by atoms with Gasteiger partial charge in [-0.05, 0) is 12.8 Å². The molecular weight excluding hydrogens is 560 g/mol. The smallest absolute Gasteiger partial charge is 0.223 e. The van der Waals surface area contributed by atoms with E-state index >= 15 is 0 Å². The highest BCUT2D eigenvalue weighted by atomic mass is 16.5. The molecule has 2 amide bonds. The second-order valence-corrected chi connectivity index (χ2v) is 14.9. The minimum Gasteiger partial charge on any atom is -0.381 e. The zero-order valence-corrected chi connectivity index (χ0v) is 31.1. The Morgan fingerprint density at radius 1 is 0.422 bits per heavy atom. The van der Waals surface area contributed by atoms with E-state index in [1.165, 1.54) is 128 Å². The number of carbonyl (C=O) groups is 2. The van der Waals surface area contributed by atoms with E-state index in [0.717, 1.165) is 25.7 Å². The molecule has 45 heavy (non-hydrogen) atoms. The van der Waals surface area contributed by atoms with Gasteiger partial charge in [0, 0.05) is 18.6 Å². The normalized spacial score (nSPS) is 12.6. The maximum atomic E-state index is 12.8. The quantitative estimate of drug-likeness (QED) is 0.0684. The highest BCUT2D eigenvalue weighted by molar-refractivity contribution is 5.86. The lowest BCUT2D eigenvalue weighted by atomic mass is 9.52. The maximum Gasteiger partial charge on any atom is 0.223 e. The van der Waals surface area contributed by atoms with Crippen molar-refractivity contribution in [1.82, 2.24) is 0 Å². The summed E-state index contributed by atoms with van der Waals surface area (Å²) in [6, 6.07) is 0. The van der Waals surface area contributed by atoms with Gasteiger partial charge in [-0.3, -0.25) is 9.59 Å². The van der Waals surface area contributed by atoms with Crippen molar-refractivity contribution in [2.24, 2.45) is 27.7 Å². The zero-order chi connectivity index (χ0) is 33.9. The Bertz CT molecular complexity index is 662. The number of amides is 2. The molecule has 0 bridgehead atoms. The summed E-state index contributed by atoms with van der Waals surface area (Å²) in [5.41, 5.74) is 8.81. The first-order valence-corrected chi connectivity index (χ1v) is 19.3. The van der Waals surface area contributed by atoms with Crippen LogP contribution < -0.4 is 11.5 Å². The van der Waals surface area contributed by atoms with E-state index < -0.39 is 28.1 Å². The summed E-state index contributed by atoms with van der Waals surface area (Å²) < 4.78 is 12.5. The third-order valence-corrected chi connectivity index (χ3v) is 10.6. The Morgan fingerprint density at radius 2 is 0.644 bits per heavy atom. The van der Waals surface area contributed by atoms with Gasteiger partial charge in [0.25, 0.3) is 0 Å². The summed E-state index contributed by atoms with van der Waals surface area (Å²) in [6.45, 7) is 13.3. The monoisotopic (exact) mass is 639 g/mol. The Morgan fingerprint density at radius 3 is 0.867 bits per heavy atom. The average Bonchev–Trinajstić information content (AvgIpc) is 2.99. The van der Waals surface area contributed by atoms with Crippen molar-refractivity contribution in [3.63, 3.8) is 0 Å². The molecule has 0 atom stereocenters. The number of hydrogen-bond donors (Lipinski definition) is 2. The summed E-state index contributed by atoms with van der Waals surface area (Å²) in [6.07, 6.45) is 30.8. The van der Waals surface area contributed by atoms with Gasteiger partial charge in [0.15, 0.2) is 0 Å². The molecule has 0 heterocycles. The van der Waals surface area contributed by atoms with Crippen molar-refractivity contribution in [3.05, 3.63) is 0 Å². The molecule has 0 saturated carbocycles. The number of carbonyl (C=O) groups excluding carboxylic acids is 2. The topological polar surface area (TPSA) is 105 Å². The van der Waals surface area contributed by atoms with Gasteiger partial charge in [0.2, 0.25) is 11.8 Å². The molecule has 4 N–H and O–H groups in total. The van der Waals surface area contributed by atoms with Crippen LogP contribution in [0, 0.1) is 16.2 Å². The second-order valence-electron chi connectivity index (χ2n) is 14.9. The van der Waals surface area contributed by atoms with Crippen molar-refractivity contribution >= 4 is 11.8 Å². The largest absolute Gasteiger partial charge is 0.381 e. The molecule has 6 heteroatoms. The van der Waals surface area contributed by atoms with E-state index in [4.69, 9.17) is 20.9 Å². The average molecular weight is 639 g/mol. The number of primary amides is 2. The van der Waals surface area contributed by atoms with E-state index in [0.29, 0.717) is 13.2 Å². The molecule has 6 nitrogen and oxygen atoms in total. The lowest BCUT2D eigenvalue weighted by Gasteiger charge is -2.52. The first kappa shape index (κ1) is 43.9. The number of ether oxygens (including phenoxy) is 2. The third-order valence-electron chi connectivity index (χ3n) is 10.6. The van der Waals surface area contributed by atoms with E-state index in [2.05, 4.69) is 13.8 Å². The van der Waals surface area contributed by atoms with E-state index in [1.54, 1.807) is 27.7 Å². The fourth-order valence-electron chi connectivity index (χ4n) is 6.60. The van der Waals surface area contributed by atoms with Crippen molar-refractivity contribution in [3.8, 4) is 0 Å². The third kappa shape index (κ3) is 18.1. The van der Waals surface area contributed by atoms with Crippen LogP contribution in [0.4, 0.5) is 0 Å². The van der Waals surface area contributed by atoms with Gasteiger partial charge in [-0.25, -0.2) is 0 Å². The molecule has 0 aliphatic heterocycles. The molecule has 0 aliphatic carbocycles. The van der Waals surface area contributed by atoms with Gasteiger partial charge in [-0.15, -0.1) is 0 Å². The molecule has 0 unspecified atom stereocenters. The highest BCUT2D eigenvalue weighted by Gasteiger charge is 2.60. The minimum absolute atomic E-state index is 0.204. The van der Waals surface area contributed by atoms with Crippen LogP contribution in [-0.2, 0) is 19.1 Å². The Kier molecular flexibility index (Phi) is 26.2. The van der Waals surface area contributed by atoms with Gasteiger partial charge >= 0.3 is 0 Å². The summed E-state index contributed by atoms with van der Waals surface area (Å²) >= 11 is 0. The predicted molar refractivity (Wildman–Crippen MR) is 192 cm³/mol. The Hall–Kier alpha value is -1.14. The zero-order valence-electron chi connectivity index (χ0n) is 31.1. The van der Waals surface area contributed by atoms with Crippen LogP contribution in [0.2, 0.25) is 0 Å². The van der Waals surface area contributed by atoms with Crippen LogP contribution in [0.3, 0.4) is 0 Å². The van der Waals surface area contributed by atoms with Crippen LogP contribution >= 0.6 is 0 Å². The fourth-order valence-corrected chi connectivity index (χ4v) is 6.60. The number of unbranched alkanes of at least 4 members (excludes halogenated alkanes) is 22. The van der Waals surface area contributed by atoms with Crippen LogP contribution in [-0.4, -0.2) is 38.2 Å². The van der Waals surface area contributed by atoms with Crippen molar-refractivity contribution < 1.29 is 19.1 Å². The predicted octanol–water partition coefficient (Wildman–Crippen LogP) is 10.4. The Balaban J connectivity index is 4.66. The van der Waals surface area contributed by atoms with Crippen LogP contribution in [0.25, 0.3) is 0 Å². The summed E-state index contributed by atoms with van der Waals surface area (Å²) in [7, 11) is 0. The first-order chi connectivity index (χ1) is 21.5. The van der Waals surface area contributed by atoms with Gasteiger partial charge in [-0.2, -0.15) is 0 Å². The van der Waals surface area contributed by atoms with Crippen molar-refractivity contribution in [2.75, 3.05) is 26.4 Å². The number of nitrogens with two attached hydrogens (primary N) is 2. The fraction of sp³-hybridized carbons (Fsp3) is 0.949. The maximum absolute atomic E-state index is 12.8. The van der Waals surface area contributed by atoms with Crippen LogP contribution in [0.1, 0.15) is 196 Å². The minimum atomic E-state index is -1.06. The molecule has 0 aromatic heterocycles. The van der Waals surface area contributed by atoms with E-state index in [9.17, 15) is 9.59 Å². The first-order valence-electron chi connectivity index (χ1n) is 19.3. The highest BCUT2D eigenvalue weighted by Crippen LogP contribution is 2.52. The standard InChI is InChI=1S/C39H78N2O4/c1-7-9-11-13-15-17-19-21-23-25-27-29-31-44-33-39(37(3,4)35(40)42,38(5,6)36(41)43)34-45-32-30-28-26-24-22-20-18-16-14-12-10-8-2/h7-34H2,1-6H3,(H2,40,42)(H2,41,43). The summed E-state index contributed by atoms with van der Waals surface area (Å²) in [5, 5.41) is 0. The molecule has 0 rings (SSSR count). The van der Waals surface area contributed by atoms with Gasteiger partial charge < -0.3 is 20.9 Å². The van der Waals surface area contributed by atoms with E-state index in [-0.39, 0.29) is 13.2 Å². The van der Waals surface area contributed by atoms with Crippen molar-refractivity contribution in [1.29, 1.82) is 0 Å². The van der Waals surface area contributed by atoms with E-state index in [1.807, 2.05) is 0 Å². The SMILES string of the molecule is CCCCCCCCCCCCCCOCC(COCCCCCCCCCCCCCC)(C(C)(C)C(N)=O)C(C)(C)C(N)=O.